The molecule has 0 radical (unpaired) electrons. The monoisotopic (exact) mass is 329 g/mol. The molecule has 0 saturated carbocycles. The fraction of sp³-hybridized carbons (Fsp3) is 0.444. The second-order valence-corrected chi connectivity index (χ2v) is 7.02. The number of hydrogen-bond acceptors (Lipinski definition) is 4. The number of aromatic nitrogens is 1. The molecule has 1 aromatic carbocycles. The van der Waals surface area contributed by atoms with Gasteiger partial charge in [0.15, 0.2) is 0 Å². The highest BCUT2D eigenvalue weighted by molar-refractivity contribution is 7.99. The molecule has 1 aromatic heterocycles. The van der Waals surface area contributed by atoms with E-state index in [0.29, 0.717) is 12.3 Å². The molecule has 122 valence electrons. The standard InChI is InChI=1S/C18H23N3OS/c22-18(14-23-10-9-21-7-3-4-8-21)20-13-15-11-16-5-1-2-6-17(16)19-12-15/h1-2,5-6,11-12H,3-4,7-10,13-14H2,(H,20,22). The van der Waals surface area contributed by atoms with Crippen LogP contribution in [-0.2, 0) is 11.3 Å². The maximum atomic E-state index is 11.9. The van der Waals surface area contributed by atoms with Gasteiger partial charge in [0.1, 0.15) is 0 Å². The summed E-state index contributed by atoms with van der Waals surface area (Å²) in [5.74, 6) is 1.67. The molecule has 5 heteroatoms. The van der Waals surface area contributed by atoms with Gasteiger partial charge in [-0.05, 0) is 43.6 Å². The minimum atomic E-state index is 0.101. The predicted octanol–water partition coefficient (Wildman–Crippen LogP) is 2.68. The Bertz CT molecular complexity index is 656. The molecule has 0 unspecified atom stereocenters. The summed E-state index contributed by atoms with van der Waals surface area (Å²) in [6.45, 7) is 4.10. The first-order valence-electron chi connectivity index (χ1n) is 8.22. The number of hydrogen-bond donors (Lipinski definition) is 1. The van der Waals surface area contributed by atoms with Crippen LogP contribution in [0.2, 0.25) is 0 Å². The first-order valence-corrected chi connectivity index (χ1v) is 9.37. The number of pyridine rings is 1. The van der Waals surface area contributed by atoms with Gasteiger partial charge in [0.05, 0.1) is 11.3 Å². The maximum Gasteiger partial charge on any atom is 0.230 e. The van der Waals surface area contributed by atoms with Crippen LogP contribution in [0.3, 0.4) is 0 Å². The van der Waals surface area contributed by atoms with E-state index in [4.69, 9.17) is 0 Å². The highest BCUT2D eigenvalue weighted by Gasteiger charge is 2.10. The summed E-state index contributed by atoms with van der Waals surface area (Å²) in [6, 6.07) is 10.1. The van der Waals surface area contributed by atoms with Crippen LogP contribution in [0.5, 0.6) is 0 Å². The quantitative estimate of drug-likeness (QED) is 0.793. The molecule has 1 saturated heterocycles. The Hall–Kier alpha value is -1.59. The van der Waals surface area contributed by atoms with Crippen molar-refractivity contribution in [2.24, 2.45) is 0 Å². The summed E-state index contributed by atoms with van der Waals surface area (Å²) in [6.07, 6.45) is 4.49. The number of nitrogens with zero attached hydrogens (tertiary/aromatic N) is 2. The number of likely N-dealkylation sites (tertiary alicyclic amines) is 1. The number of carbonyl (C=O) groups is 1. The van der Waals surface area contributed by atoms with Crippen LogP contribution in [0.25, 0.3) is 10.9 Å². The number of amides is 1. The molecular weight excluding hydrogens is 306 g/mol. The van der Waals surface area contributed by atoms with Gasteiger partial charge < -0.3 is 10.2 Å². The van der Waals surface area contributed by atoms with E-state index in [2.05, 4.69) is 21.3 Å². The normalized spacial score (nSPS) is 15.1. The highest BCUT2D eigenvalue weighted by Crippen LogP contribution is 2.12. The van der Waals surface area contributed by atoms with E-state index >= 15 is 0 Å². The Morgan fingerprint density at radius 3 is 2.96 bits per heavy atom. The molecule has 2 heterocycles. The first-order chi connectivity index (χ1) is 11.3. The van der Waals surface area contributed by atoms with Crippen LogP contribution in [0, 0.1) is 0 Å². The zero-order valence-corrected chi connectivity index (χ0v) is 14.1. The van der Waals surface area contributed by atoms with Crippen LogP contribution in [-0.4, -0.2) is 46.9 Å². The summed E-state index contributed by atoms with van der Waals surface area (Å²) in [5, 5.41) is 4.09. The van der Waals surface area contributed by atoms with Crippen molar-refractivity contribution < 1.29 is 4.79 Å². The molecule has 0 atom stereocenters. The van der Waals surface area contributed by atoms with E-state index in [-0.39, 0.29) is 5.91 Å². The Labute approximate surface area is 141 Å². The van der Waals surface area contributed by atoms with Gasteiger partial charge in [0, 0.05) is 30.4 Å². The van der Waals surface area contributed by atoms with Gasteiger partial charge in [-0.2, -0.15) is 11.8 Å². The average Bonchev–Trinajstić information content (AvgIpc) is 3.10. The minimum Gasteiger partial charge on any atom is -0.351 e. The fourth-order valence-electron chi connectivity index (χ4n) is 2.83. The molecule has 23 heavy (non-hydrogen) atoms. The van der Waals surface area contributed by atoms with Gasteiger partial charge in [-0.15, -0.1) is 0 Å². The summed E-state index contributed by atoms with van der Waals surface area (Å²) in [7, 11) is 0. The molecule has 0 bridgehead atoms. The lowest BCUT2D eigenvalue weighted by Gasteiger charge is -2.13. The third kappa shape index (κ3) is 4.94. The van der Waals surface area contributed by atoms with Crippen LogP contribution >= 0.6 is 11.8 Å². The lowest BCUT2D eigenvalue weighted by molar-refractivity contribution is -0.118. The van der Waals surface area contributed by atoms with Crippen molar-refractivity contribution in [3.8, 4) is 0 Å². The van der Waals surface area contributed by atoms with Gasteiger partial charge in [0.2, 0.25) is 5.91 Å². The van der Waals surface area contributed by atoms with Crippen LogP contribution < -0.4 is 5.32 Å². The lowest BCUT2D eigenvalue weighted by Crippen LogP contribution is -2.26. The third-order valence-electron chi connectivity index (χ3n) is 4.12. The SMILES string of the molecule is O=C(CSCCN1CCCC1)NCc1cnc2ccccc2c1. The Morgan fingerprint density at radius 1 is 1.26 bits per heavy atom. The molecule has 3 rings (SSSR count). The molecule has 1 fully saturated rings. The minimum absolute atomic E-state index is 0.101. The summed E-state index contributed by atoms with van der Waals surface area (Å²) < 4.78 is 0. The van der Waals surface area contributed by atoms with E-state index in [0.717, 1.165) is 28.8 Å². The Kier molecular flexibility index (Phi) is 5.88. The number of carbonyl (C=O) groups excluding carboxylic acids is 1. The van der Waals surface area contributed by atoms with Gasteiger partial charge in [-0.1, -0.05) is 18.2 Å². The van der Waals surface area contributed by atoms with Crippen molar-refractivity contribution in [3.05, 3.63) is 42.1 Å². The number of benzene rings is 1. The molecule has 4 nitrogen and oxygen atoms in total. The van der Waals surface area contributed by atoms with E-state index in [9.17, 15) is 4.79 Å². The van der Waals surface area contributed by atoms with Gasteiger partial charge in [0.25, 0.3) is 0 Å². The summed E-state index contributed by atoms with van der Waals surface area (Å²) in [5.41, 5.74) is 2.03. The van der Waals surface area contributed by atoms with Crippen molar-refractivity contribution in [3.63, 3.8) is 0 Å². The van der Waals surface area contributed by atoms with Crippen molar-refractivity contribution >= 4 is 28.6 Å². The highest BCUT2D eigenvalue weighted by atomic mass is 32.2. The van der Waals surface area contributed by atoms with Crippen molar-refractivity contribution in [1.29, 1.82) is 0 Å². The van der Waals surface area contributed by atoms with Crippen molar-refractivity contribution in [2.75, 3.05) is 31.1 Å². The number of nitrogens with one attached hydrogen (secondary N) is 1. The Balaban J connectivity index is 1.37. The number of fused-ring (bicyclic) bond motifs is 1. The number of rotatable bonds is 7. The third-order valence-corrected chi connectivity index (χ3v) is 5.06. The van der Waals surface area contributed by atoms with Gasteiger partial charge in [-0.25, -0.2) is 0 Å². The number of thioether (sulfide) groups is 1. The van der Waals surface area contributed by atoms with E-state index in [1.165, 1.54) is 25.9 Å². The van der Waals surface area contributed by atoms with Gasteiger partial charge >= 0.3 is 0 Å². The van der Waals surface area contributed by atoms with Crippen molar-refractivity contribution in [2.45, 2.75) is 19.4 Å². The van der Waals surface area contributed by atoms with Crippen LogP contribution in [0.4, 0.5) is 0 Å². The molecule has 0 spiro atoms. The van der Waals surface area contributed by atoms with E-state index < -0.39 is 0 Å². The van der Waals surface area contributed by atoms with Crippen LogP contribution in [0.1, 0.15) is 18.4 Å². The second kappa shape index (κ2) is 8.31. The van der Waals surface area contributed by atoms with E-state index in [1.807, 2.05) is 30.5 Å². The molecule has 1 aliphatic rings. The topological polar surface area (TPSA) is 45.2 Å². The molecule has 1 aliphatic heterocycles. The molecule has 0 aliphatic carbocycles. The van der Waals surface area contributed by atoms with E-state index in [1.54, 1.807) is 11.8 Å². The van der Waals surface area contributed by atoms with Crippen LogP contribution in [0.15, 0.2) is 36.5 Å². The Morgan fingerprint density at radius 2 is 2.09 bits per heavy atom. The smallest absolute Gasteiger partial charge is 0.230 e. The number of para-hydroxylation sites is 1. The molecule has 1 amide bonds. The summed E-state index contributed by atoms with van der Waals surface area (Å²) >= 11 is 1.72. The molecule has 2 aromatic rings. The molecule has 1 N–H and O–H groups in total. The lowest BCUT2D eigenvalue weighted by atomic mass is 10.1. The first kappa shape index (κ1) is 16.3. The van der Waals surface area contributed by atoms with Gasteiger partial charge in [-0.3, -0.25) is 9.78 Å². The zero-order chi connectivity index (χ0) is 15.9. The average molecular weight is 329 g/mol. The largest absolute Gasteiger partial charge is 0.351 e. The second-order valence-electron chi connectivity index (χ2n) is 5.91. The maximum absolute atomic E-state index is 11.9. The van der Waals surface area contributed by atoms with Crippen molar-refractivity contribution in [1.82, 2.24) is 15.2 Å². The summed E-state index contributed by atoms with van der Waals surface area (Å²) in [4.78, 5) is 18.8. The molecular formula is C18H23N3OS. The zero-order valence-electron chi connectivity index (χ0n) is 13.3. The predicted molar refractivity (Wildman–Crippen MR) is 96.6 cm³/mol. The fourth-order valence-corrected chi connectivity index (χ4v) is 3.65.